The fraction of sp³-hybridized carbons (Fsp3) is 0.158. The average Bonchev–Trinajstić information content (AvgIpc) is 3.00. The van der Waals surface area contributed by atoms with E-state index in [1.54, 1.807) is 19.1 Å². The van der Waals surface area contributed by atoms with Crippen molar-refractivity contribution in [2.75, 3.05) is 5.32 Å². The third-order valence-corrected chi connectivity index (χ3v) is 5.96. The summed E-state index contributed by atoms with van der Waals surface area (Å²) in [4.78, 5) is 24.6. The molecule has 0 aliphatic rings. The van der Waals surface area contributed by atoms with Crippen molar-refractivity contribution in [3.63, 3.8) is 0 Å². The number of carbonyl (C=O) groups excluding carboxylic acids is 1. The van der Waals surface area contributed by atoms with Crippen molar-refractivity contribution < 1.29 is 17.6 Å². The molecule has 1 amide bonds. The number of anilines is 1. The predicted octanol–water partition coefficient (Wildman–Crippen LogP) is 2.28. The van der Waals surface area contributed by atoms with Gasteiger partial charge in [0.1, 0.15) is 12.4 Å². The van der Waals surface area contributed by atoms with Gasteiger partial charge in [-0.15, -0.1) is 0 Å². The van der Waals surface area contributed by atoms with E-state index in [1.807, 2.05) is 6.92 Å². The van der Waals surface area contributed by atoms with Gasteiger partial charge >= 0.3 is 5.69 Å². The van der Waals surface area contributed by atoms with Crippen molar-refractivity contribution >= 4 is 21.6 Å². The smallest absolute Gasteiger partial charge is 0.322 e. The van der Waals surface area contributed by atoms with Gasteiger partial charge in [0, 0.05) is 12.4 Å². The highest BCUT2D eigenvalue weighted by Gasteiger charge is 2.21. The van der Waals surface area contributed by atoms with Crippen molar-refractivity contribution in [3.8, 4) is 0 Å². The second kappa shape index (κ2) is 7.43. The summed E-state index contributed by atoms with van der Waals surface area (Å²) in [6.07, 6.45) is 2.28. The Morgan fingerprint density at radius 2 is 1.79 bits per heavy atom. The zero-order chi connectivity index (χ0) is 20.5. The third-order valence-electron chi connectivity index (χ3n) is 4.31. The van der Waals surface area contributed by atoms with E-state index in [-0.39, 0.29) is 10.6 Å². The van der Waals surface area contributed by atoms with Crippen LogP contribution in [0.4, 0.5) is 10.1 Å². The Kier molecular flexibility index (Phi) is 5.19. The Morgan fingerprint density at radius 1 is 1.07 bits per heavy atom. The molecule has 0 aliphatic heterocycles. The summed E-state index contributed by atoms with van der Waals surface area (Å²) in [5, 5.41) is 2.35. The van der Waals surface area contributed by atoms with Gasteiger partial charge in [-0.05, 0) is 49.2 Å². The molecule has 0 saturated carbocycles. The summed E-state index contributed by atoms with van der Waals surface area (Å²) >= 11 is 0. The average molecular weight is 403 g/mol. The van der Waals surface area contributed by atoms with E-state index in [0.717, 1.165) is 21.9 Å². The van der Waals surface area contributed by atoms with Crippen LogP contribution in [0.1, 0.15) is 11.1 Å². The number of aryl methyl sites for hydroxylation is 2. The van der Waals surface area contributed by atoms with Crippen LogP contribution in [0.3, 0.4) is 0 Å². The van der Waals surface area contributed by atoms with Gasteiger partial charge in [-0.1, -0.05) is 18.2 Å². The monoisotopic (exact) mass is 403 g/mol. The van der Waals surface area contributed by atoms with Gasteiger partial charge in [-0.2, -0.15) is 3.97 Å². The minimum atomic E-state index is -4.10. The summed E-state index contributed by atoms with van der Waals surface area (Å²) in [5.74, 6) is -1.27. The van der Waals surface area contributed by atoms with Crippen LogP contribution in [0.15, 0.2) is 64.5 Å². The van der Waals surface area contributed by atoms with E-state index in [0.29, 0.717) is 3.97 Å². The van der Waals surface area contributed by atoms with Crippen molar-refractivity contribution in [3.05, 3.63) is 82.3 Å². The molecule has 0 radical (unpaired) electrons. The van der Waals surface area contributed by atoms with Crippen molar-refractivity contribution in [1.82, 2.24) is 8.54 Å². The van der Waals surface area contributed by atoms with Crippen LogP contribution >= 0.6 is 0 Å². The number of halogens is 1. The minimum absolute atomic E-state index is 0.0220. The van der Waals surface area contributed by atoms with Gasteiger partial charge in [0.15, 0.2) is 0 Å². The third kappa shape index (κ3) is 3.74. The number of benzene rings is 2. The molecule has 7 nitrogen and oxygen atoms in total. The number of para-hydroxylation sites is 1. The molecule has 0 saturated heterocycles. The zero-order valence-corrected chi connectivity index (χ0v) is 16.0. The second-order valence-corrected chi connectivity index (χ2v) is 8.10. The lowest BCUT2D eigenvalue weighted by Crippen LogP contribution is -2.32. The Balaban J connectivity index is 1.85. The van der Waals surface area contributed by atoms with Crippen molar-refractivity contribution in [1.29, 1.82) is 0 Å². The molecule has 0 aliphatic carbocycles. The van der Waals surface area contributed by atoms with Gasteiger partial charge in [-0.25, -0.2) is 17.6 Å². The maximum atomic E-state index is 13.6. The van der Waals surface area contributed by atoms with Crippen LogP contribution in [0, 0.1) is 19.7 Å². The summed E-state index contributed by atoms with van der Waals surface area (Å²) in [6.45, 7) is 3.17. The molecule has 146 valence electrons. The van der Waals surface area contributed by atoms with Crippen LogP contribution in [0.2, 0.25) is 0 Å². The molecule has 0 spiro atoms. The first-order valence-electron chi connectivity index (χ1n) is 8.35. The van der Waals surface area contributed by atoms with Crippen LogP contribution < -0.4 is 11.0 Å². The number of nitrogens with zero attached hydrogens (tertiary/aromatic N) is 2. The lowest BCUT2D eigenvalue weighted by molar-refractivity contribution is -0.116. The first-order chi connectivity index (χ1) is 13.2. The zero-order valence-electron chi connectivity index (χ0n) is 15.2. The number of hydrogen-bond acceptors (Lipinski definition) is 4. The highest BCUT2D eigenvalue weighted by Crippen LogP contribution is 2.17. The number of amides is 1. The Morgan fingerprint density at radius 3 is 2.46 bits per heavy atom. The first-order valence-corrected chi connectivity index (χ1v) is 9.79. The highest BCUT2D eigenvalue weighted by molar-refractivity contribution is 7.90. The quantitative estimate of drug-likeness (QED) is 0.708. The molecule has 1 N–H and O–H groups in total. The maximum Gasteiger partial charge on any atom is 0.342 e. The number of carbonyl (C=O) groups is 1. The lowest BCUT2D eigenvalue weighted by atomic mass is 10.1. The van der Waals surface area contributed by atoms with Crippen molar-refractivity contribution in [2.45, 2.75) is 25.3 Å². The maximum absolute atomic E-state index is 13.6. The van der Waals surface area contributed by atoms with E-state index in [4.69, 9.17) is 0 Å². The summed E-state index contributed by atoms with van der Waals surface area (Å²) < 4.78 is 40.6. The van der Waals surface area contributed by atoms with E-state index >= 15 is 0 Å². The predicted molar refractivity (Wildman–Crippen MR) is 102 cm³/mol. The fourth-order valence-electron chi connectivity index (χ4n) is 2.59. The number of rotatable bonds is 5. The van der Waals surface area contributed by atoms with Gasteiger partial charge in [-0.3, -0.25) is 9.36 Å². The number of hydrogen-bond donors (Lipinski definition) is 1. The summed E-state index contributed by atoms with van der Waals surface area (Å²) in [7, 11) is -4.10. The molecule has 3 aromatic rings. The molecule has 1 heterocycles. The normalized spacial score (nSPS) is 11.4. The number of nitrogens with one attached hydrogen (secondary N) is 1. The standard InChI is InChI=1S/C19H18FN3O4S/c1-13-7-8-15(11-14(13)2)28(26,27)23-10-9-22(19(23)25)12-18(24)21-17-6-4-3-5-16(17)20/h3-11H,12H2,1-2H3,(H,21,24). The fourth-order valence-corrected chi connectivity index (χ4v) is 3.91. The van der Waals surface area contributed by atoms with Gasteiger partial charge < -0.3 is 5.32 Å². The first kappa shape index (κ1) is 19.6. The van der Waals surface area contributed by atoms with E-state index < -0.39 is 34.0 Å². The number of aromatic nitrogens is 2. The Hall–Kier alpha value is -3.20. The van der Waals surface area contributed by atoms with E-state index in [2.05, 4.69) is 5.32 Å². The van der Waals surface area contributed by atoms with E-state index in [1.165, 1.54) is 36.5 Å². The van der Waals surface area contributed by atoms with E-state index in [9.17, 15) is 22.4 Å². The SMILES string of the molecule is Cc1ccc(S(=O)(=O)n2ccn(CC(=O)Nc3ccccc3F)c2=O)cc1C. The van der Waals surface area contributed by atoms with Gasteiger partial charge in [0.25, 0.3) is 10.0 Å². The van der Waals surface area contributed by atoms with Crippen LogP contribution in [0.25, 0.3) is 0 Å². The van der Waals surface area contributed by atoms with Crippen LogP contribution in [-0.4, -0.2) is 22.9 Å². The number of imidazole rings is 1. The molecular formula is C19H18FN3O4S. The van der Waals surface area contributed by atoms with Gasteiger partial charge in [0.05, 0.1) is 10.6 Å². The lowest BCUT2D eigenvalue weighted by Gasteiger charge is -2.08. The molecule has 0 unspecified atom stereocenters. The topological polar surface area (TPSA) is 90.2 Å². The van der Waals surface area contributed by atoms with Gasteiger partial charge in [0.2, 0.25) is 5.91 Å². The molecule has 0 bridgehead atoms. The molecule has 9 heteroatoms. The minimum Gasteiger partial charge on any atom is -0.322 e. The molecule has 28 heavy (non-hydrogen) atoms. The Bertz CT molecular complexity index is 1210. The second-order valence-electron chi connectivity index (χ2n) is 6.28. The molecular weight excluding hydrogens is 385 g/mol. The molecule has 1 aromatic heterocycles. The molecule has 0 fully saturated rings. The highest BCUT2D eigenvalue weighted by atomic mass is 32.2. The summed E-state index contributed by atoms with van der Waals surface area (Å²) in [6, 6.07) is 10.2. The Labute approximate surface area is 161 Å². The van der Waals surface area contributed by atoms with Crippen LogP contribution in [0.5, 0.6) is 0 Å². The molecule has 0 atom stereocenters. The molecule has 2 aromatic carbocycles. The largest absolute Gasteiger partial charge is 0.342 e. The van der Waals surface area contributed by atoms with Crippen LogP contribution in [-0.2, 0) is 21.4 Å². The van der Waals surface area contributed by atoms with Crippen molar-refractivity contribution in [2.24, 2.45) is 0 Å². The molecule has 3 rings (SSSR count). The summed E-state index contributed by atoms with van der Waals surface area (Å²) in [5.41, 5.74) is 0.788.